The quantitative estimate of drug-likeness (QED) is 0.514. The maximum Gasteiger partial charge on any atom is 0.348 e. The van der Waals surface area contributed by atoms with Crippen molar-refractivity contribution in [3.8, 4) is 22.3 Å². The van der Waals surface area contributed by atoms with E-state index in [1.54, 1.807) is 12.1 Å². The molecule has 1 aliphatic heterocycles. The molecule has 3 rings (SSSR count). The minimum Gasteiger partial charge on any atom is -0.488 e. The van der Waals surface area contributed by atoms with Gasteiger partial charge in [0.1, 0.15) is 28.9 Å². The largest absolute Gasteiger partial charge is 0.488 e. The number of carbonyl (C=O) groups is 2. The molecule has 0 unspecified atom stereocenters. The van der Waals surface area contributed by atoms with E-state index in [2.05, 4.69) is 0 Å². The van der Waals surface area contributed by atoms with Gasteiger partial charge in [-0.2, -0.15) is 5.26 Å². The minimum absolute atomic E-state index is 0.101. The molecule has 2 N–H and O–H groups in total. The van der Waals surface area contributed by atoms with Gasteiger partial charge in [-0.1, -0.05) is 12.1 Å². The van der Waals surface area contributed by atoms with Crippen molar-refractivity contribution in [2.75, 3.05) is 6.61 Å². The van der Waals surface area contributed by atoms with Gasteiger partial charge in [0.05, 0.1) is 0 Å². The fraction of sp³-hybridized carbons (Fsp3) is 0.167. The lowest BCUT2D eigenvalue weighted by Crippen LogP contribution is -2.17. The number of hydrogen-bond acceptors (Lipinski definition) is 7. The number of ether oxygens (including phenoxy) is 2. The molecule has 0 radical (unpaired) electrons. The van der Waals surface area contributed by atoms with Crippen molar-refractivity contribution in [2.45, 2.75) is 13.5 Å². The van der Waals surface area contributed by atoms with Gasteiger partial charge < -0.3 is 15.2 Å². The number of carbonyl (C=O) groups excluding carboxylic acids is 2. The first-order chi connectivity index (χ1) is 12.0. The molecule has 1 aromatic heterocycles. The van der Waals surface area contributed by atoms with Gasteiger partial charge in [-0.25, -0.2) is 4.79 Å². The molecular weight excluding hydrogens is 340 g/mol. The van der Waals surface area contributed by atoms with Crippen LogP contribution in [0.3, 0.4) is 0 Å². The maximum atomic E-state index is 12.2. The number of hydrogen-bond donors (Lipinski definition) is 1. The average molecular weight is 354 g/mol. The van der Waals surface area contributed by atoms with Gasteiger partial charge in [0.2, 0.25) is 5.78 Å². The zero-order chi connectivity index (χ0) is 18.0. The Bertz CT molecular complexity index is 933. The average Bonchev–Trinajstić information content (AvgIpc) is 3.04. The summed E-state index contributed by atoms with van der Waals surface area (Å²) in [6.07, 6.45) is 0. The van der Waals surface area contributed by atoms with Gasteiger partial charge in [-0.05, 0) is 25.1 Å². The first-order valence-corrected chi connectivity index (χ1v) is 8.24. The number of esters is 1. The third-order valence-corrected chi connectivity index (χ3v) is 4.84. The van der Waals surface area contributed by atoms with E-state index in [0.717, 1.165) is 21.8 Å². The molecule has 0 atom stereocenters. The lowest BCUT2D eigenvalue weighted by Gasteiger charge is -2.16. The molecule has 25 heavy (non-hydrogen) atoms. The van der Waals surface area contributed by atoms with Gasteiger partial charge in [0.25, 0.3) is 0 Å². The second kappa shape index (κ2) is 6.79. The summed E-state index contributed by atoms with van der Waals surface area (Å²) in [4.78, 5) is 25.4. The number of Topliss-reactive ketones (excluding diaryl/α,β-unsaturated/α-hetero) is 1. The van der Waals surface area contributed by atoms with E-state index in [0.29, 0.717) is 11.5 Å². The Morgan fingerprint density at radius 2 is 2.16 bits per heavy atom. The summed E-state index contributed by atoms with van der Waals surface area (Å²) in [5.74, 6) is -0.461. The Balaban J connectivity index is 1.76. The van der Waals surface area contributed by atoms with Crippen LogP contribution in [0.1, 0.15) is 22.2 Å². The minimum atomic E-state index is -0.620. The zero-order valence-electron chi connectivity index (χ0n) is 13.4. The summed E-state index contributed by atoms with van der Waals surface area (Å²) in [6, 6.07) is 11.0. The van der Waals surface area contributed by atoms with Crippen molar-refractivity contribution in [1.29, 1.82) is 5.26 Å². The summed E-state index contributed by atoms with van der Waals surface area (Å²) >= 11 is 1.29. The molecule has 6 nitrogen and oxygen atoms in total. The molecule has 2 heterocycles. The van der Waals surface area contributed by atoms with Crippen LogP contribution in [-0.4, -0.2) is 18.4 Å². The number of nitrogens with two attached hydrogens (primary N) is 1. The molecule has 0 amide bonds. The SMILES string of the molecule is CC(N)=C(C#N)C(=O)COC(=O)c1cc2c(s1)-c1ccccc1OC2. The smallest absolute Gasteiger partial charge is 0.348 e. The van der Waals surface area contributed by atoms with Crippen molar-refractivity contribution in [2.24, 2.45) is 5.73 Å². The van der Waals surface area contributed by atoms with E-state index in [1.165, 1.54) is 18.3 Å². The molecular formula is C18H14N2O4S. The third kappa shape index (κ3) is 3.25. The Morgan fingerprint density at radius 3 is 2.88 bits per heavy atom. The second-order valence-corrected chi connectivity index (χ2v) is 6.47. The lowest BCUT2D eigenvalue weighted by molar-refractivity contribution is -0.118. The van der Waals surface area contributed by atoms with Crippen LogP contribution >= 0.6 is 11.3 Å². The summed E-state index contributed by atoms with van der Waals surface area (Å²) in [5, 5.41) is 8.89. The van der Waals surface area contributed by atoms with Crippen LogP contribution in [0.15, 0.2) is 41.6 Å². The van der Waals surface area contributed by atoms with Crippen molar-refractivity contribution in [3.63, 3.8) is 0 Å². The Morgan fingerprint density at radius 1 is 1.40 bits per heavy atom. The molecule has 1 aromatic carbocycles. The van der Waals surface area contributed by atoms with Crippen LogP contribution in [0.25, 0.3) is 10.4 Å². The van der Waals surface area contributed by atoms with Crippen LogP contribution in [-0.2, 0) is 16.1 Å². The van der Waals surface area contributed by atoms with Gasteiger partial charge in [-0.3, -0.25) is 4.79 Å². The molecule has 7 heteroatoms. The van der Waals surface area contributed by atoms with E-state index < -0.39 is 18.4 Å². The number of nitriles is 1. The Hall–Kier alpha value is -3.11. The Labute approximate surface area is 148 Å². The van der Waals surface area contributed by atoms with E-state index in [1.807, 2.05) is 24.3 Å². The number of benzene rings is 1. The fourth-order valence-electron chi connectivity index (χ4n) is 2.44. The van der Waals surface area contributed by atoms with Crippen LogP contribution in [0.5, 0.6) is 5.75 Å². The van der Waals surface area contributed by atoms with Gasteiger partial charge in [0.15, 0.2) is 6.61 Å². The Kier molecular flexibility index (Phi) is 4.55. The normalized spacial score (nSPS) is 12.8. The topological polar surface area (TPSA) is 102 Å². The standard InChI is InChI=1S/C18H14N2O4S/c1-10(20)13(7-19)14(21)9-24-18(22)16-6-11-8-23-15-5-3-2-4-12(15)17(11)25-16/h2-6H,8-9,20H2,1H3. The van der Waals surface area contributed by atoms with Crippen molar-refractivity contribution in [3.05, 3.63) is 52.0 Å². The predicted molar refractivity (Wildman–Crippen MR) is 91.9 cm³/mol. The monoisotopic (exact) mass is 354 g/mol. The molecule has 1 aliphatic rings. The van der Waals surface area contributed by atoms with Crippen molar-refractivity contribution in [1.82, 2.24) is 0 Å². The highest BCUT2D eigenvalue weighted by atomic mass is 32.1. The van der Waals surface area contributed by atoms with Crippen LogP contribution in [0.2, 0.25) is 0 Å². The second-order valence-electron chi connectivity index (χ2n) is 5.42. The molecule has 0 fully saturated rings. The number of nitrogens with zero attached hydrogens (tertiary/aromatic N) is 1. The van der Waals surface area contributed by atoms with E-state index >= 15 is 0 Å². The van der Waals surface area contributed by atoms with E-state index in [4.69, 9.17) is 20.5 Å². The van der Waals surface area contributed by atoms with E-state index in [9.17, 15) is 9.59 Å². The molecule has 0 saturated carbocycles. The highest BCUT2D eigenvalue weighted by molar-refractivity contribution is 7.17. The predicted octanol–water partition coefficient (Wildman–Crippen LogP) is 2.79. The van der Waals surface area contributed by atoms with Gasteiger partial charge in [-0.15, -0.1) is 11.3 Å². The van der Waals surface area contributed by atoms with E-state index in [-0.39, 0.29) is 11.3 Å². The highest BCUT2D eigenvalue weighted by Crippen LogP contribution is 2.42. The molecule has 0 aliphatic carbocycles. The van der Waals surface area contributed by atoms with Crippen LogP contribution < -0.4 is 10.5 Å². The fourth-order valence-corrected chi connectivity index (χ4v) is 3.54. The molecule has 0 bridgehead atoms. The number of ketones is 1. The molecule has 2 aromatic rings. The number of allylic oxidation sites excluding steroid dienone is 1. The molecule has 126 valence electrons. The van der Waals surface area contributed by atoms with Crippen molar-refractivity contribution < 1.29 is 19.1 Å². The van der Waals surface area contributed by atoms with Crippen LogP contribution in [0, 0.1) is 11.3 Å². The number of thiophene rings is 1. The maximum absolute atomic E-state index is 12.2. The summed E-state index contributed by atoms with van der Waals surface area (Å²) in [5.41, 5.74) is 7.20. The highest BCUT2D eigenvalue weighted by Gasteiger charge is 2.23. The van der Waals surface area contributed by atoms with Gasteiger partial charge >= 0.3 is 5.97 Å². The van der Waals surface area contributed by atoms with Gasteiger partial charge in [0, 0.05) is 21.7 Å². The lowest BCUT2D eigenvalue weighted by atomic mass is 10.1. The first-order valence-electron chi connectivity index (χ1n) is 7.43. The summed E-state index contributed by atoms with van der Waals surface area (Å²) < 4.78 is 10.7. The summed E-state index contributed by atoms with van der Waals surface area (Å²) in [7, 11) is 0. The number of para-hydroxylation sites is 1. The van der Waals surface area contributed by atoms with Crippen molar-refractivity contribution >= 4 is 23.1 Å². The molecule has 0 spiro atoms. The molecule has 0 saturated heterocycles. The number of fused-ring (bicyclic) bond motifs is 3. The summed E-state index contributed by atoms with van der Waals surface area (Å²) in [6.45, 7) is 1.30. The zero-order valence-corrected chi connectivity index (χ0v) is 14.2. The van der Waals surface area contributed by atoms with Crippen LogP contribution in [0.4, 0.5) is 0 Å². The third-order valence-electron chi connectivity index (χ3n) is 3.64. The first kappa shape index (κ1) is 16.7. The number of rotatable bonds is 4.